The zero-order valence-electron chi connectivity index (χ0n) is 10.9. The average Bonchev–Trinajstić information content (AvgIpc) is 2.35. The van der Waals surface area contributed by atoms with Crippen molar-refractivity contribution in [1.29, 1.82) is 0 Å². The third-order valence-corrected chi connectivity index (χ3v) is 2.82. The van der Waals surface area contributed by atoms with Crippen LogP contribution >= 0.6 is 23.8 Å². The topological polar surface area (TPSA) is 70.4 Å². The molecule has 0 bridgehead atoms. The third-order valence-electron chi connectivity index (χ3n) is 2.37. The molecule has 104 valence electrons. The number of benzene rings is 1. The molecule has 0 aliphatic carbocycles. The quantitative estimate of drug-likeness (QED) is 0.571. The molecule has 1 aromatic carbocycles. The predicted molar refractivity (Wildman–Crippen MR) is 82.9 cm³/mol. The van der Waals surface area contributed by atoms with Crippen molar-refractivity contribution in [1.82, 2.24) is 10.2 Å². The third kappa shape index (κ3) is 4.92. The monoisotopic (exact) mass is 300 g/mol. The molecule has 1 aromatic rings. The van der Waals surface area contributed by atoms with Crippen molar-refractivity contribution in [2.45, 2.75) is 0 Å². The molecule has 0 aromatic heterocycles. The minimum absolute atomic E-state index is 0.132. The molecule has 0 radical (unpaired) electrons. The number of carbonyl (C=O) groups excluding carboxylic acids is 1. The summed E-state index contributed by atoms with van der Waals surface area (Å²) in [5.74, 6) is 0. The van der Waals surface area contributed by atoms with Crippen molar-refractivity contribution < 1.29 is 4.79 Å². The summed E-state index contributed by atoms with van der Waals surface area (Å²) >= 11 is 10.9. The van der Waals surface area contributed by atoms with Gasteiger partial charge in [-0.3, -0.25) is 0 Å². The second-order valence-electron chi connectivity index (χ2n) is 4.11. The van der Waals surface area contributed by atoms with E-state index in [2.05, 4.69) is 10.6 Å². The van der Waals surface area contributed by atoms with E-state index in [9.17, 15) is 4.79 Å². The Morgan fingerprint density at radius 3 is 2.68 bits per heavy atom. The summed E-state index contributed by atoms with van der Waals surface area (Å²) in [6.07, 6.45) is 0. The largest absolute Gasteiger partial charge is 0.389 e. The standard InChI is InChI=1S/C12H17ClN4OS/c1-17(2)12(18)16-6-5-15-10-4-3-8(13)7-9(10)11(14)19/h3-4,7,15H,5-6H2,1-2H3,(H2,14,19)(H,16,18). The Kier molecular flexibility index (Phi) is 5.85. The Labute approximate surface area is 123 Å². The normalized spacial score (nSPS) is 9.84. The van der Waals surface area contributed by atoms with Gasteiger partial charge in [0.1, 0.15) is 4.99 Å². The molecule has 5 nitrogen and oxygen atoms in total. The molecule has 0 aliphatic heterocycles. The summed E-state index contributed by atoms with van der Waals surface area (Å²) in [6, 6.07) is 5.15. The number of anilines is 1. The summed E-state index contributed by atoms with van der Waals surface area (Å²) in [5.41, 5.74) is 7.13. The van der Waals surface area contributed by atoms with E-state index < -0.39 is 0 Å². The van der Waals surface area contributed by atoms with E-state index in [-0.39, 0.29) is 11.0 Å². The lowest BCUT2D eigenvalue weighted by molar-refractivity contribution is 0.218. The number of amides is 2. The summed E-state index contributed by atoms with van der Waals surface area (Å²) in [7, 11) is 3.37. The fourth-order valence-corrected chi connectivity index (χ4v) is 1.74. The van der Waals surface area contributed by atoms with Crippen LogP contribution in [0.25, 0.3) is 0 Å². The van der Waals surface area contributed by atoms with Gasteiger partial charge in [0, 0.05) is 43.5 Å². The van der Waals surface area contributed by atoms with E-state index >= 15 is 0 Å². The lowest BCUT2D eigenvalue weighted by atomic mass is 10.2. The average molecular weight is 301 g/mol. The molecule has 19 heavy (non-hydrogen) atoms. The van der Waals surface area contributed by atoms with Crippen LogP contribution in [0, 0.1) is 0 Å². The van der Waals surface area contributed by atoms with E-state index in [0.29, 0.717) is 23.7 Å². The number of carbonyl (C=O) groups is 1. The molecular weight excluding hydrogens is 284 g/mol. The number of urea groups is 1. The first-order valence-corrected chi connectivity index (χ1v) is 6.49. The van der Waals surface area contributed by atoms with Crippen molar-refractivity contribution in [3.63, 3.8) is 0 Å². The maximum atomic E-state index is 11.3. The molecule has 4 N–H and O–H groups in total. The maximum Gasteiger partial charge on any atom is 0.316 e. The van der Waals surface area contributed by atoms with Crippen LogP contribution in [0.5, 0.6) is 0 Å². The molecule has 0 spiro atoms. The van der Waals surface area contributed by atoms with Gasteiger partial charge in [0.2, 0.25) is 0 Å². The molecule has 0 saturated carbocycles. The van der Waals surface area contributed by atoms with Crippen molar-refractivity contribution >= 4 is 40.5 Å². The number of nitrogens with zero attached hydrogens (tertiary/aromatic N) is 1. The summed E-state index contributed by atoms with van der Waals surface area (Å²) in [4.78, 5) is 13.1. The first-order chi connectivity index (χ1) is 8.91. The molecule has 0 saturated heterocycles. The second kappa shape index (κ2) is 7.16. The lowest BCUT2D eigenvalue weighted by Crippen LogP contribution is -2.37. The molecule has 7 heteroatoms. The minimum Gasteiger partial charge on any atom is -0.389 e. The maximum absolute atomic E-state index is 11.3. The van der Waals surface area contributed by atoms with Crippen LogP contribution in [-0.4, -0.2) is 43.1 Å². The second-order valence-corrected chi connectivity index (χ2v) is 4.98. The number of nitrogens with one attached hydrogen (secondary N) is 2. The highest BCUT2D eigenvalue weighted by atomic mass is 35.5. The predicted octanol–water partition coefficient (Wildman–Crippen LogP) is 1.66. The summed E-state index contributed by atoms with van der Waals surface area (Å²) < 4.78 is 0. The van der Waals surface area contributed by atoms with E-state index in [0.717, 1.165) is 5.69 Å². The van der Waals surface area contributed by atoms with Gasteiger partial charge in [-0.25, -0.2) is 4.79 Å². The van der Waals surface area contributed by atoms with Gasteiger partial charge < -0.3 is 21.3 Å². The molecule has 1 rings (SSSR count). The molecule has 0 fully saturated rings. The van der Waals surface area contributed by atoms with Crippen molar-refractivity contribution in [2.75, 3.05) is 32.5 Å². The van der Waals surface area contributed by atoms with Gasteiger partial charge in [0.25, 0.3) is 0 Å². The molecular formula is C12H17ClN4OS. The fourth-order valence-electron chi connectivity index (χ4n) is 1.40. The Balaban J connectivity index is 2.54. The van der Waals surface area contributed by atoms with Crippen LogP contribution in [0.1, 0.15) is 5.56 Å². The van der Waals surface area contributed by atoms with E-state index in [1.165, 1.54) is 4.90 Å². The number of hydrogen-bond donors (Lipinski definition) is 3. The van der Waals surface area contributed by atoms with Crippen molar-refractivity contribution in [2.24, 2.45) is 5.73 Å². The van der Waals surface area contributed by atoms with Gasteiger partial charge in [0.15, 0.2) is 0 Å². The van der Waals surface area contributed by atoms with Crippen LogP contribution in [0.3, 0.4) is 0 Å². The van der Waals surface area contributed by atoms with E-state index in [1.54, 1.807) is 26.2 Å². The van der Waals surface area contributed by atoms with E-state index in [1.807, 2.05) is 6.07 Å². The zero-order chi connectivity index (χ0) is 14.4. The fraction of sp³-hybridized carbons (Fsp3) is 0.333. The highest BCUT2D eigenvalue weighted by Crippen LogP contribution is 2.20. The van der Waals surface area contributed by atoms with Crippen LogP contribution in [0.2, 0.25) is 5.02 Å². The minimum atomic E-state index is -0.132. The Hall–Kier alpha value is -1.53. The molecule has 0 heterocycles. The van der Waals surface area contributed by atoms with Gasteiger partial charge in [-0.15, -0.1) is 0 Å². The first-order valence-electron chi connectivity index (χ1n) is 5.70. The molecule has 0 aliphatic rings. The number of rotatable bonds is 5. The van der Waals surface area contributed by atoms with Gasteiger partial charge in [-0.1, -0.05) is 23.8 Å². The first kappa shape index (κ1) is 15.5. The number of halogens is 1. The number of nitrogens with two attached hydrogens (primary N) is 1. The SMILES string of the molecule is CN(C)C(=O)NCCNc1ccc(Cl)cc1C(N)=S. The Bertz CT molecular complexity index is 479. The zero-order valence-corrected chi connectivity index (χ0v) is 12.4. The molecule has 0 atom stereocenters. The van der Waals surface area contributed by atoms with Gasteiger partial charge in [-0.05, 0) is 18.2 Å². The lowest BCUT2D eigenvalue weighted by Gasteiger charge is -2.14. The van der Waals surface area contributed by atoms with Crippen LogP contribution < -0.4 is 16.4 Å². The Morgan fingerprint density at radius 1 is 1.42 bits per heavy atom. The van der Waals surface area contributed by atoms with Crippen LogP contribution in [0.4, 0.5) is 10.5 Å². The summed E-state index contributed by atoms with van der Waals surface area (Å²) in [6.45, 7) is 1.06. The molecule has 2 amide bonds. The van der Waals surface area contributed by atoms with Crippen LogP contribution in [0.15, 0.2) is 18.2 Å². The highest BCUT2D eigenvalue weighted by molar-refractivity contribution is 7.80. The van der Waals surface area contributed by atoms with Crippen LogP contribution in [-0.2, 0) is 0 Å². The van der Waals surface area contributed by atoms with E-state index in [4.69, 9.17) is 29.6 Å². The van der Waals surface area contributed by atoms with Gasteiger partial charge in [-0.2, -0.15) is 0 Å². The number of hydrogen-bond acceptors (Lipinski definition) is 3. The number of thiocarbonyl (C=S) groups is 1. The van der Waals surface area contributed by atoms with Gasteiger partial charge >= 0.3 is 6.03 Å². The van der Waals surface area contributed by atoms with Crippen molar-refractivity contribution in [3.05, 3.63) is 28.8 Å². The van der Waals surface area contributed by atoms with Crippen molar-refractivity contribution in [3.8, 4) is 0 Å². The highest BCUT2D eigenvalue weighted by Gasteiger charge is 2.06. The molecule has 0 unspecified atom stereocenters. The Morgan fingerprint density at radius 2 is 2.11 bits per heavy atom. The smallest absolute Gasteiger partial charge is 0.316 e. The van der Waals surface area contributed by atoms with Gasteiger partial charge in [0.05, 0.1) is 0 Å². The summed E-state index contributed by atoms with van der Waals surface area (Å²) in [5, 5.41) is 6.48.